The molecule has 2 heterocycles. The lowest BCUT2D eigenvalue weighted by molar-refractivity contribution is 0.0517. The first-order valence-corrected chi connectivity index (χ1v) is 7.00. The molecule has 0 radical (unpaired) electrons. The van der Waals surface area contributed by atoms with Crippen LogP contribution in [0.25, 0.3) is 0 Å². The van der Waals surface area contributed by atoms with Crippen molar-refractivity contribution in [1.82, 2.24) is 9.97 Å². The predicted molar refractivity (Wildman–Crippen MR) is 86.0 cm³/mol. The summed E-state index contributed by atoms with van der Waals surface area (Å²) < 4.78 is 0. The Labute approximate surface area is 133 Å². The molecular formula is C18H13N3O2. The molecule has 2 aromatic heterocycles. The monoisotopic (exact) mass is 303 g/mol. The zero-order valence-corrected chi connectivity index (χ0v) is 12.2. The molecule has 0 unspecified atom stereocenters. The fourth-order valence-corrected chi connectivity index (χ4v) is 2.01. The molecule has 1 aromatic carbocycles. The van der Waals surface area contributed by atoms with Crippen LogP contribution in [0.1, 0.15) is 21.5 Å². The minimum atomic E-state index is -0.533. The fourth-order valence-electron chi connectivity index (χ4n) is 2.01. The third-order valence-electron chi connectivity index (χ3n) is 3.14. The van der Waals surface area contributed by atoms with Gasteiger partial charge in [-0.15, -0.1) is 0 Å². The second-order valence-corrected chi connectivity index (χ2v) is 4.66. The molecular weight excluding hydrogens is 290 g/mol. The van der Waals surface area contributed by atoms with Crippen molar-refractivity contribution in [3.05, 3.63) is 96.1 Å². The van der Waals surface area contributed by atoms with Crippen molar-refractivity contribution in [2.24, 2.45) is 5.16 Å². The number of carbonyl (C=O) groups excluding carboxylic acids is 1. The van der Waals surface area contributed by atoms with Gasteiger partial charge in [0.2, 0.25) is 0 Å². The summed E-state index contributed by atoms with van der Waals surface area (Å²) in [6.45, 7) is 0. The maximum absolute atomic E-state index is 12.0. The molecule has 23 heavy (non-hydrogen) atoms. The molecule has 0 saturated carbocycles. The molecule has 3 aromatic rings. The van der Waals surface area contributed by atoms with E-state index in [2.05, 4.69) is 15.1 Å². The van der Waals surface area contributed by atoms with Gasteiger partial charge in [0.1, 0.15) is 5.71 Å². The van der Waals surface area contributed by atoms with E-state index < -0.39 is 5.97 Å². The van der Waals surface area contributed by atoms with Crippen molar-refractivity contribution in [3.8, 4) is 0 Å². The number of hydrogen-bond acceptors (Lipinski definition) is 5. The molecule has 0 spiro atoms. The molecule has 0 aliphatic heterocycles. The van der Waals surface area contributed by atoms with Crippen LogP contribution >= 0.6 is 0 Å². The fraction of sp³-hybridized carbons (Fsp3) is 0. The van der Waals surface area contributed by atoms with E-state index >= 15 is 0 Å². The second kappa shape index (κ2) is 7.09. The van der Waals surface area contributed by atoms with Gasteiger partial charge in [0, 0.05) is 35.9 Å². The van der Waals surface area contributed by atoms with Crippen molar-refractivity contribution in [3.63, 3.8) is 0 Å². The number of benzene rings is 1. The molecule has 3 rings (SSSR count). The molecule has 5 heteroatoms. The highest BCUT2D eigenvalue weighted by molar-refractivity contribution is 6.12. The van der Waals surface area contributed by atoms with Crippen LogP contribution in [0, 0.1) is 0 Å². The second-order valence-electron chi connectivity index (χ2n) is 4.66. The van der Waals surface area contributed by atoms with Gasteiger partial charge in [0.25, 0.3) is 0 Å². The molecule has 0 aliphatic rings. The van der Waals surface area contributed by atoms with Crippen molar-refractivity contribution in [2.45, 2.75) is 0 Å². The lowest BCUT2D eigenvalue weighted by Crippen LogP contribution is -2.08. The van der Waals surface area contributed by atoms with Gasteiger partial charge in [-0.25, -0.2) is 4.79 Å². The molecule has 0 atom stereocenters. The van der Waals surface area contributed by atoms with E-state index in [9.17, 15) is 4.79 Å². The van der Waals surface area contributed by atoms with E-state index in [0.717, 1.165) is 11.1 Å². The van der Waals surface area contributed by atoms with Gasteiger partial charge < -0.3 is 4.84 Å². The Morgan fingerprint density at radius 3 is 1.87 bits per heavy atom. The first-order valence-electron chi connectivity index (χ1n) is 7.00. The average molecular weight is 303 g/mol. The smallest absolute Gasteiger partial charge is 0.312 e. The summed E-state index contributed by atoms with van der Waals surface area (Å²) >= 11 is 0. The summed E-state index contributed by atoms with van der Waals surface area (Å²) in [7, 11) is 0. The number of aromatic nitrogens is 2. The van der Waals surface area contributed by atoms with Gasteiger partial charge in [0.05, 0.1) is 5.56 Å². The zero-order chi connectivity index (χ0) is 15.9. The van der Waals surface area contributed by atoms with Crippen LogP contribution in [-0.2, 0) is 4.84 Å². The first kappa shape index (κ1) is 14.6. The van der Waals surface area contributed by atoms with Gasteiger partial charge in [-0.1, -0.05) is 35.5 Å². The number of pyridine rings is 2. The summed E-state index contributed by atoms with van der Waals surface area (Å²) in [5.41, 5.74) is 2.62. The molecule has 0 amide bonds. The highest BCUT2D eigenvalue weighted by Gasteiger charge is 2.11. The van der Waals surface area contributed by atoms with Gasteiger partial charge in [-0.05, 0) is 24.3 Å². The van der Waals surface area contributed by atoms with E-state index in [-0.39, 0.29) is 0 Å². The summed E-state index contributed by atoms with van der Waals surface area (Å²) in [6, 6.07) is 16.3. The van der Waals surface area contributed by atoms with E-state index in [1.807, 2.05) is 42.5 Å². The van der Waals surface area contributed by atoms with E-state index in [1.165, 1.54) is 12.4 Å². The minimum Gasteiger partial charge on any atom is -0.312 e. The summed E-state index contributed by atoms with van der Waals surface area (Å²) in [4.78, 5) is 25.0. The normalized spacial score (nSPS) is 11.0. The Morgan fingerprint density at radius 2 is 1.26 bits per heavy atom. The van der Waals surface area contributed by atoms with Crippen molar-refractivity contribution in [2.75, 3.05) is 0 Å². The predicted octanol–water partition coefficient (Wildman–Crippen LogP) is 3.09. The summed E-state index contributed by atoms with van der Waals surface area (Å²) in [6.07, 6.45) is 6.39. The van der Waals surface area contributed by atoms with Gasteiger partial charge in [-0.2, -0.15) is 0 Å². The Morgan fingerprint density at radius 1 is 0.739 bits per heavy atom. The standard InChI is InChI=1S/C18H13N3O2/c22-18(16-8-12-20-13-9-16)23-21-17(14-4-2-1-3-5-14)15-6-10-19-11-7-15/h1-13H. The quantitative estimate of drug-likeness (QED) is 0.422. The third-order valence-corrected chi connectivity index (χ3v) is 3.14. The van der Waals surface area contributed by atoms with Crippen LogP contribution in [0.5, 0.6) is 0 Å². The average Bonchev–Trinajstić information content (AvgIpc) is 2.64. The lowest BCUT2D eigenvalue weighted by Gasteiger charge is -2.06. The molecule has 0 N–H and O–H groups in total. The van der Waals surface area contributed by atoms with Crippen molar-refractivity contribution in [1.29, 1.82) is 0 Å². The number of oxime groups is 1. The van der Waals surface area contributed by atoms with E-state index in [0.29, 0.717) is 11.3 Å². The minimum absolute atomic E-state index is 0.394. The Bertz CT molecular complexity index is 762. The molecule has 0 bridgehead atoms. The molecule has 5 nitrogen and oxygen atoms in total. The summed E-state index contributed by atoms with van der Waals surface area (Å²) in [5, 5.41) is 4.06. The number of rotatable bonds is 4. The molecule has 0 aliphatic carbocycles. The Kier molecular flexibility index (Phi) is 4.49. The van der Waals surface area contributed by atoms with Crippen LogP contribution in [0.3, 0.4) is 0 Å². The lowest BCUT2D eigenvalue weighted by atomic mass is 10.0. The third kappa shape index (κ3) is 3.65. The Balaban J connectivity index is 1.91. The van der Waals surface area contributed by atoms with Crippen LogP contribution < -0.4 is 0 Å². The maximum atomic E-state index is 12.0. The van der Waals surface area contributed by atoms with Crippen molar-refractivity contribution >= 4 is 11.7 Å². The summed E-state index contributed by atoms with van der Waals surface area (Å²) in [5.74, 6) is -0.533. The van der Waals surface area contributed by atoms with Crippen LogP contribution in [-0.4, -0.2) is 21.6 Å². The molecule has 0 fully saturated rings. The molecule has 112 valence electrons. The highest BCUT2D eigenvalue weighted by atomic mass is 16.7. The van der Waals surface area contributed by atoms with Gasteiger partial charge in [-0.3, -0.25) is 9.97 Å². The number of hydrogen-bond donors (Lipinski definition) is 0. The number of nitrogens with zero attached hydrogens (tertiary/aromatic N) is 3. The van der Waals surface area contributed by atoms with Gasteiger partial charge >= 0.3 is 5.97 Å². The topological polar surface area (TPSA) is 64.4 Å². The Hall–Kier alpha value is -3.34. The molecule has 0 saturated heterocycles. The maximum Gasteiger partial charge on any atom is 0.365 e. The largest absolute Gasteiger partial charge is 0.365 e. The van der Waals surface area contributed by atoms with Gasteiger partial charge in [0.15, 0.2) is 0 Å². The zero-order valence-electron chi connectivity index (χ0n) is 12.2. The van der Waals surface area contributed by atoms with E-state index in [4.69, 9.17) is 4.84 Å². The highest BCUT2D eigenvalue weighted by Crippen LogP contribution is 2.11. The van der Waals surface area contributed by atoms with Crippen molar-refractivity contribution < 1.29 is 9.63 Å². The number of carbonyl (C=O) groups is 1. The van der Waals surface area contributed by atoms with Crippen LogP contribution in [0.15, 0.2) is 84.5 Å². The first-order chi connectivity index (χ1) is 11.3. The van der Waals surface area contributed by atoms with E-state index in [1.54, 1.807) is 24.5 Å². The van der Waals surface area contributed by atoms with Crippen LogP contribution in [0.4, 0.5) is 0 Å². The SMILES string of the molecule is O=C(ON=C(c1ccccc1)c1ccncc1)c1ccncc1. The van der Waals surface area contributed by atoms with Crippen LogP contribution in [0.2, 0.25) is 0 Å².